The molecule has 0 aliphatic carbocycles. The Morgan fingerprint density at radius 1 is 1.03 bits per heavy atom. The summed E-state index contributed by atoms with van der Waals surface area (Å²) in [5, 5.41) is 12.4. The van der Waals surface area contributed by atoms with Crippen molar-refractivity contribution in [1.82, 2.24) is 15.5 Å². The van der Waals surface area contributed by atoms with Crippen LogP contribution in [0.15, 0.2) is 53.2 Å². The molecule has 0 spiro atoms. The number of aromatic nitrogens is 2. The third-order valence-corrected chi connectivity index (χ3v) is 6.19. The molecule has 8 nitrogen and oxygen atoms in total. The largest absolute Gasteiger partial charge is 0.416 e. The second kappa shape index (κ2) is 10.4. The number of carbonyl (C=O) groups is 2. The van der Waals surface area contributed by atoms with E-state index in [1.807, 2.05) is 46.8 Å². The van der Waals surface area contributed by atoms with Crippen LogP contribution >= 0.6 is 0 Å². The number of halogens is 3. The molecule has 0 unspecified atom stereocenters. The predicted octanol–water partition coefficient (Wildman–Crippen LogP) is 6.52. The number of alkyl halides is 3. The summed E-state index contributed by atoms with van der Waals surface area (Å²) in [5.74, 6) is -0.401. The lowest BCUT2D eigenvalue weighted by Crippen LogP contribution is -2.34. The first kappa shape index (κ1) is 27.6. The lowest BCUT2D eigenvalue weighted by molar-refractivity contribution is -0.137. The zero-order valence-electron chi connectivity index (χ0n) is 22.1. The standard InChI is InChI=1S/C28H28F3N5O3/c1-15-9-10-17(14-33-26(38)27(3,4)5)16(2)21(15)25(37)35-20-11-12-32-22-23(20)39-36-24(22)34-19-8-6-7-18(13-19)28(29,30)31/h6-13H,14H2,1-5H3,(H,33,38)(H,34,36)(H,32,35,37). The van der Waals surface area contributed by atoms with Gasteiger partial charge in [0, 0.05) is 29.4 Å². The molecule has 0 saturated heterocycles. The van der Waals surface area contributed by atoms with Crippen LogP contribution in [-0.4, -0.2) is 22.0 Å². The summed E-state index contributed by atoms with van der Waals surface area (Å²) in [6.45, 7) is 9.37. The first-order valence-corrected chi connectivity index (χ1v) is 12.1. The molecule has 204 valence electrons. The molecule has 2 aromatic carbocycles. The molecule has 0 atom stereocenters. The average Bonchev–Trinajstić information content (AvgIpc) is 3.26. The number of anilines is 3. The number of carbonyl (C=O) groups excluding carboxylic acids is 2. The van der Waals surface area contributed by atoms with Crippen LogP contribution in [0.5, 0.6) is 0 Å². The van der Waals surface area contributed by atoms with Crippen LogP contribution in [-0.2, 0) is 17.5 Å². The third-order valence-electron chi connectivity index (χ3n) is 6.19. The van der Waals surface area contributed by atoms with Crippen molar-refractivity contribution < 1.29 is 27.3 Å². The van der Waals surface area contributed by atoms with Crippen LogP contribution in [0.25, 0.3) is 11.1 Å². The van der Waals surface area contributed by atoms with Gasteiger partial charge in [0.15, 0.2) is 5.52 Å². The number of fused-ring (bicyclic) bond motifs is 1. The van der Waals surface area contributed by atoms with Crippen molar-refractivity contribution in [3.05, 3.63) is 76.5 Å². The third kappa shape index (κ3) is 6.02. The summed E-state index contributed by atoms with van der Waals surface area (Å²) < 4.78 is 44.7. The van der Waals surface area contributed by atoms with Crippen LogP contribution < -0.4 is 16.0 Å². The molecule has 3 N–H and O–H groups in total. The maximum absolute atomic E-state index is 13.4. The molecule has 4 aromatic rings. The maximum atomic E-state index is 13.4. The lowest BCUT2D eigenvalue weighted by Gasteiger charge is -2.19. The number of hydrogen-bond donors (Lipinski definition) is 3. The number of pyridine rings is 1. The zero-order valence-corrected chi connectivity index (χ0v) is 22.1. The highest BCUT2D eigenvalue weighted by atomic mass is 19.4. The quantitative estimate of drug-likeness (QED) is 0.258. The van der Waals surface area contributed by atoms with Crippen LogP contribution in [0.1, 0.15) is 53.4 Å². The highest BCUT2D eigenvalue weighted by Crippen LogP contribution is 2.33. The second-order valence-electron chi connectivity index (χ2n) is 10.2. The Bertz CT molecular complexity index is 1550. The summed E-state index contributed by atoms with van der Waals surface area (Å²) in [5.41, 5.74) is 2.19. The minimum atomic E-state index is -4.50. The number of amides is 2. The molecule has 0 bridgehead atoms. The smallest absolute Gasteiger partial charge is 0.352 e. The van der Waals surface area contributed by atoms with Crippen molar-refractivity contribution in [2.75, 3.05) is 10.6 Å². The van der Waals surface area contributed by atoms with Crippen molar-refractivity contribution in [3.63, 3.8) is 0 Å². The van der Waals surface area contributed by atoms with Gasteiger partial charge in [-0.25, -0.2) is 4.98 Å². The monoisotopic (exact) mass is 539 g/mol. The predicted molar refractivity (Wildman–Crippen MR) is 142 cm³/mol. The van der Waals surface area contributed by atoms with Gasteiger partial charge in [0.2, 0.25) is 17.3 Å². The summed E-state index contributed by atoms with van der Waals surface area (Å²) in [4.78, 5) is 29.9. The van der Waals surface area contributed by atoms with Crippen molar-refractivity contribution in [2.45, 2.75) is 47.3 Å². The summed E-state index contributed by atoms with van der Waals surface area (Å²) >= 11 is 0. The van der Waals surface area contributed by atoms with Gasteiger partial charge < -0.3 is 20.5 Å². The van der Waals surface area contributed by atoms with Gasteiger partial charge in [0.1, 0.15) is 0 Å². The molecule has 39 heavy (non-hydrogen) atoms. The fraction of sp³-hybridized carbons (Fsp3) is 0.286. The van der Waals surface area contributed by atoms with Crippen LogP contribution in [0.2, 0.25) is 0 Å². The fourth-order valence-electron chi connectivity index (χ4n) is 3.99. The number of aryl methyl sites for hydroxylation is 1. The van der Waals surface area contributed by atoms with Gasteiger partial charge in [-0.15, -0.1) is 0 Å². The molecule has 11 heteroatoms. The number of benzene rings is 2. The van der Waals surface area contributed by atoms with E-state index >= 15 is 0 Å². The van der Waals surface area contributed by atoms with Crippen LogP contribution in [0, 0.1) is 19.3 Å². The molecular formula is C28H28F3N5O3. The number of nitrogens with zero attached hydrogens (tertiary/aromatic N) is 2. The molecule has 2 amide bonds. The van der Waals surface area contributed by atoms with E-state index in [1.165, 1.54) is 24.4 Å². The van der Waals surface area contributed by atoms with Gasteiger partial charge in [-0.05, 0) is 54.8 Å². The Hall–Kier alpha value is -4.41. The minimum absolute atomic E-state index is 0.101. The van der Waals surface area contributed by atoms with E-state index in [2.05, 4.69) is 26.1 Å². The van der Waals surface area contributed by atoms with E-state index in [1.54, 1.807) is 0 Å². The Labute approximate surface area is 223 Å². The van der Waals surface area contributed by atoms with Crippen molar-refractivity contribution in [2.24, 2.45) is 5.41 Å². The summed E-state index contributed by atoms with van der Waals surface area (Å²) in [6, 6.07) is 9.89. The zero-order chi connectivity index (χ0) is 28.5. The minimum Gasteiger partial charge on any atom is -0.352 e. The Kier molecular flexibility index (Phi) is 7.36. The molecule has 2 aromatic heterocycles. The van der Waals surface area contributed by atoms with E-state index in [9.17, 15) is 22.8 Å². The van der Waals surface area contributed by atoms with E-state index in [0.29, 0.717) is 11.3 Å². The topological polar surface area (TPSA) is 109 Å². The van der Waals surface area contributed by atoms with Crippen LogP contribution in [0.4, 0.5) is 30.4 Å². The van der Waals surface area contributed by atoms with Gasteiger partial charge >= 0.3 is 6.18 Å². The molecule has 0 radical (unpaired) electrons. The highest BCUT2D eigenvalue weighted by molar-refractivity contribution is 6.10. The van der Waals surface area contributed by atoms with E-state index in [4.69, 9.17) is 4.52 Å². The van der Waals surface area contributed by atoms with E-state index in [-0.39, 0.29) is 35.1 Å². The highest BCUT2D eigenvalue weighted by Gasteiger charge is 2.30. The normalized spacial score (nSPS) is 11.9. The summed E-state index contributed by atoms with van der Waals surface area (Å²) in [6.07, 6.45) is -3.06. The second-order valence-corrected chi connectivity index (χ2v) is 10.2. The molecule has 2 heterocycles. The molecule has 0 saturated carbocycles. The first-order chi connectivity index (χ1) is 18.3. The number of nitrogens with one attached hydrogen (secondary N) is 3. The molecule has 0 aliphatic rings. The van der Waals surface area contributed by atoms with Crippen molar-refractivity contribution in [1.29, 1.82) is 0 Å². The maximum Gasteiger partial charge on any atom is 0.416 e. The van der Waals surface area contributed by atoms with Gasteiger partial charge in [-0.2, -0.15) is 13.2 Å². The van der Waals surface area contributed by atoms with Gasteiger partial charge in [-0.1, -0.05) is 44.1 Å². The molecular weight excluding hydrogens is 511 g/mol. The van der Waals surface area contributed by atoms with E-state index in [0.717, 1.165) is 28.8 Å². The Balaban J connectivity index is 1.58. The van der Waals surface area contributed by atoms with Gasteiger partial charge in [0.05, 0.1) is 11.3 Å². The Morgan fingerprint density at radius 2 is 1.77 bits per heavy atom. The summed E-state index contributed by atoms with van der Waals surface area (Å²) in [7, 11) is 0. The van der Waals surface area contributed by atoms with Crippen LogP contribution in [0.3, 0.4) is 0 Å². The van der Waals surface area contributed by atoms with Crippen molar-refractivity contribution in [3.8, 4) is 0 Å². The number of rotatable bonds is 6. The van der Waals surface area contributed by atoms with Gasteiger partial charge in [0.25, 0.3) is 5.91 Å². The van der Waals surface area contributed by atoms with E-state index < -0.39 is 23.1 Å². The molecule has 0 aliphatic heterocycles. The van der Waals surface area contributed by atoms with Crippen molar-refractivity contribution >= 4 is 40.1 Å². The first-order valence-electron chi connectivity index (χ1n) is 12.1. The fourth-order valence-corrected chi connectivity index (χ4v) is 3.99. The SMILES string of the molecule is Cc1ccc(CNC(=O)C(C)(C)C)c(C)c1C(=O)Nc1ccnc2c(Nc3cccc(C(F)(F)F)c3)noc12. The average molecular weight is 540 g/mol. The Morgan fingerprint density at radius 3 is 2.46 bits per heavy atom. The lowest BCUT2D eigenvalue weighted by atomic mass is 9.94. The molecule has 4 rings (SSSR count). The molecule has 0 fully saturated rings. The van der Waals surface area contributed by atoms with Gasteiger partial charge in [-0.3, -0.25) is 9.59 Å². The number of hydrogen-bond acceptors (Lipinski definition) is 6.